The number of nitrogens with zero attached hydrogens (tertiary/aromatic N) is 3. The molecule has 0 unspecified atom stereocenters. The molecule has 1 saturated heterocycles. The number of aliphatic imine (C=N–C) groups is 1. The number of carbonyl (C=O) groups is 1. The van der Waals surface area contributed by atoms with Gasteiger partial charge >= 0.3 is 0 Å². The molecule has 5 nitrogen and oxygen atoms in total. The molecule has 0 aliphatic carbocycles. The summed E-state index contributed by atoms with van der Waals surface area (Å²) < 4.78 is 5.88. The monoisotopic (exact) mass is 379 g/mol. The van der Waals surface area contributed by atoms with Gasteiger partial charge in [-0.3, -0.25) is 14.7 Å². The minimum absolute atomic E-state index is 0.0409. The van der Waals surface area contributed by atoms with Crippen LogP contribution in [-0.2, 0) is 4.79 Å². The molecule has 0 radical (unpaired) electrons. The fourth-order valence-corrected chi connectivity index (χ4v) is 3.89. The van der Waals surface area contributed by atoms with Gasteiger partial charge in [-0.2, -0.15) is 5.26 Å². The van der Waals surface area contributed by atoms with E-state index in [4.69, 9.17) is 9.68 Å². The Balaban J connectivity index is 1.87. The summed E-state index contributed by atoms with van der Waals surface area (Å²) in [6.07, 6.45) is 1.76. The first-order valence-corrected chi connectivity index (χ1v) is 9.62. The second kappa shape index (κ2) is 7.85. The highest BCUT2D eigenvalue weighted by atomic mass is 32.2. The van der Waals surface area contributed by atoms with Crippen molar-refractivity contribution in [2.45, 2.75) is 39.8 Å². The third kappa shape index (κ3) is 4.15. The van der Waals surface area contributed by atoms with Crippen LogP contribution in [0.25, 0.3) is 17.4 Å². The Kier molecular flexibility index (Phi) is 5.52. The topological polar surface area (TPSA) is 69.6 Å². The molecule has 6 heteroatoms. The van der Waals surface area contributed by atoms with E-state index in [9.17, 15) is 4.79 Å². The lowest BCUT2D eigenvalue weighted by Crippen LogP contribution is -2.35. The van der Waals surface area contributed by atoms with Gasteiger partial charge in [0.25, 0.3) is 5.91 Å². The maximum atomic E-state index is 12.8. The van der Waals surface area contributed by atoms with E-state index >= 15 is 0 Å². The molecule has 1 amide bonds. The first kappa shape index (κ1) is 19.0. The zero-order valence-electron chi connectivity index (χ0n) is 15.8. The molecule has 1 aromatic heterocycles. The Morgan fingerprint density at radius 1 is 1.15 bits per heavy atom. The number of rotatable bonds is 4. The van der Waals surface area contributed by atoms with Crippen molar-refractivity contribution in [3.8, 4) is 17.4 Å². The Morgan fingerprint density at radius 2 is 1.85 bits per heavy atom. The van der Waals surface area contributed by atoms with Crippen molar-refractivity contribution in [3.63, 3.8) is 0 Å². The zero-order chi connectivity index (χ0) is 19.6. The van der Waals surface area contributed by atoms with Gasteiger partial charge in [-0.1, -0.05) is 0 Å². The number of thioether (sulfide) groups is 1. The standard InChI is InChI=1S/C21H21N3O2S/c1-13(2)23-21-24(14(3)4)20(25)19(27-21)11-17-9-10-18(26-17)16-7-5-15(12-22)6-8-16/h5-11,13-14H,1-4H3/b19-11+,23-21?. The Hall–Kier alpha value is -2.78. The lowest BCUT2D eigenvalue weighted by Gasteiger charge is -2.20. The summed E-state index contributed by atoms with van der Waals surface area (Å²) in [6.45, 7) is 7.95. The van der Waals surface area contributed by atoms with E-state index in [1.165, 1.54) is 11.8 Å². The van der Waals surface area contributed by atoms with Crippen LogP contribution in [0.4, 0.5) is 0 Å². The Bertz CT molecular complexity index is 947. The van der Waals surface area contributed by atoms with E-state index in [2.05, 4.69) is 11.1 Å². The molecular weight excluding hydrogens is 358 g/mol. The molecule has 138 valence electrons. The number of hydrogen-bond acceptors (Lipinski definition) is 5. The van der Waals surface area contributed by atoms with Crippen LogP contribution in [0.15, 0.2) is 50.7 Å². The van der Waals surface area contributed by atoms with E-state index in [-0.39, 0.29) is 18.0 Å². The maximum absolute atomic E-state index is 12.8. The van der Waals surface area contributed by atoms with Gasteiger partial charge in [-0.15, -0.1) is 0 Å². The van der Waals surface area contributed by atoms with Gasteiger partial charge in [0.15, 0.2) is 5.17 Å². The van der Waals surface area contributed by atoms with Gasteiger partial charge in [0.05, 0.1) is 16.5 Å². The van der Waals surface area contributed by atoms with E-state index in [0.29, 0.717) is 22.0 Å². The molecule has 0 spiro atoms. The van der Waals surface area contributed by atoms with Crippen molar-refractivity contribution in [2.24, 2.45) is 4.99 Å². The predicted molar refractivity (Wildman–Crippen MR) is 109 cm³/mol. The molecule has 1 aliphatic heterocycles. The first-order valence-electron chi connectivity index (χ1n) is 8.80. The Labute approximate surface area is 163 Å². The van der Waals surface area contributed by atoms with Crippen LogP contribution in [0.1, 0.15) is 39.0 Å². The average molecular weight is 379 g/mol. The normalized spacial score (nSPS) is 17.5. The van der Waals surface area contributed by atoms with Crippen molar-refractivity contribution < 1.29 is 9.21 Å². The number of nitriles is 1. The van der Waals surface area contributed by atoms with Crippen LogP contribution in [-0.4, -0.2) is 28.1 Å². The summed E-state index contributed by atoms with van der Waals surface area (Å²) >= 11 is 1.38. The lowest BCUT2D eigenvalue weighted by atomic mass is 10.1. The molecule has 3 rings (SSSR count). The lowest BCUT2D eigenvalue weighted by molar-refractivity contribution is -0.123. The minimum atomic E-state index is -0.0503. The zero-order valence-corrected chi connectivity index (χ0v) is 16.6. The van der Waals surface area contributed by atoms with Crippen molar-refractivity contribution in [1.29, 1.82) is 5.26 Å². The highest BCUT2D eigenvalue weighted by Crippen LogP contribution is 2.35. The van der Waals surface area contributed by atoms with Crippen LogP contribution >= 0.6 is 11.8 Å². The first-order chi connectivity index (χ1) is 12.9. The van der Waals surface area contributed by atoms with E-state index in [0.717, 1.165) is 10.7 Å². The summed E-state index contributed by atoms with van der Waals surface area (Å²) in [4.78, 5) is 19.7. The molecule has 0 N–H and O–H groups in total. The summed E-state index contributed by atoms with van der Waals surface area (Å²) in [6, 6.07) is 13.2. The second-order valence-corrected chi connectivity index (χ2v) is 7.79. The quantitative estimate of drug-likeness (QED) is 0.708. The number of benzene rings is 1. The number of furan rings is 1. The highest BCUT2D eigenvalue weighted by Gasteiger charge is 2.35. The van der Waals surface area contributed by atoms with Crippen LogP contribution in [0, 0.1) is 11.3 Å². The fourth-order valence-electron chi connectivity index (χ4n) is 2.68. The molecule has 27 heavy (non-hydrogen) atoms. The molecule has 1 aromatic carbocycles. The van der Waals surface area contributed by atoms with E-state index in [1.807, 2.05) is 52.0 Å². The van der Waals surface area contributed by atoms with Crippen LogP contribution in [0.2, 0.25) is 0 Å². The summed E-state index contributed by atoms with van der Waals surface area (Å²) in [5, 5.41) is 9.63. The molecule has 2 aromatic rings. The predicted octanol–water partition coefficient (Wildman–Crippen LogP) is 4.91. The number of amidine groups is 1. The van der Waals surface area contributed by atoms with Gasteiger partial charge in [0.1, 0.15) is 11.5 Å². The third-order valence-electron chi connectivity index (χ3n) is 3.92. The van der Waals surface area contributed by atoms with Gasteiger partial charge < -0.3 is 4.42 Å². The molecule has 0 bridgehead atoms. The molecule has 1 aliphatic rings. The third-order valence-corrected chi connectivity index (χ3v) is 4.92. The summed E-state index contributed by atoms with van der Waals surface area (Å²) in [5.74, 6) is 1.25. The SMILES string of the molecule is CC(C)N=C1S/C(=C/c2ccc(-c3ccc(C#N)cc3)o2)C(=O)N1C(C)C. The van der Waals surface area contributed by atoms with Gasteiger partial charge in [0, 0.05) is 23.7 Å². The highest BCUT2D eigenvalue weighted by molar-refractivity contribution is 8.18. The van der Waals surface area contributed by atoms with Crippen molar-refractivity contribution in [1.82, 2.24) is 4.90 Å². The smallest absolute Gasteiger partial charge is 0.267 e. The van der Waals surface area contributed by atoms with E-state index in [1.54, 1.807) is 23.1 Å². The summed E-state index contributed by atoms with van der Waals surface area (Å²) in [5.41, 5.74) is 1.49. The molecule has 0 saturated carbocycles. The van der Waals surface area contributed by atoms with Gasteiger partial charge in [-0.05, 0) is 75.9 Å². The average Bonchev–Trinajstić information content (AvgIpc) is 3.20. The number of amides is 1. The van der Waals surface area contributed by atoms with Crippen LogP contribution in [0.3, 0.4) is 0 Å². The number of carbonyl (C=O) groups excluding carboxylic acids is 1. The second-order valence-electron chi connectivity index (χ2n) is 6.78. The molecule has 0 atom stereocenters. The van der Waals surface area contributed by atoms with E-state index < -0.39 is 0 Å². The minimum Gasteiger partial charge on any atom is -0.457 e. The largest absolute Gasteiger partial charge is 0.457 e. The van der Waals surface area contributed by atoms with Crippen LogP contribution in [0.5, 0.6) is 0 Å². The Morgan fingerprint density at radius 3 is 2.44 bits per heavy atom. The molecule has 1 fully saturated rings. The molecule has 2 heterocycles. The van der Waals surface area contributed by atoms with Crippen molar-refractivity contribution in [3.05, 3.63) is 52.6 Å². The van der Waals surface area contributed by atoms with Gasteiger partial charge in [0.2, 0.25) is 0 Å². The van der Waals surface area contributed by atoms with Crippen LogP contribution < -0.4 is 0 Å². The molecular formula is C21H21N3O2S. The van der Waals surface area contributed by atoms with Crippen molar-refractivity contribution in [2.75, 3.05) is 0 Å². The van der Waals surface area contributed by atoms with Crippen molar-refractivity contribution >= 4 is 28.9 Å². The maximum Gasteiger partial charge on any atom is 0.267 e. The van der Waals surface area contributed by atoms with Gasteiger partial charge in [-0.25, -0.2) is 0 Å². The summed E-state index contributed by atoms with van der Waals surface area (Å²) in [7, 11) is 0. The number of hydrogen-bond donors (Lipinski definition) is 0. The fraction of sp³-hybridized carbons (Fsp3) is 0.286.